The minimum atomic E-state index is 0.794. The quantitative estimate of drug-likeness (QED) is 0.790. The van der Waals surface area contributed by atoms with Crippen molar-refractivity contribution in [2.24, 2.45) is 0 Å². The van der Waals surface area contributed by atoms with Gasteiger partial charge in [0, 0.05) is 11.4 Å². The van der Waals surface area contributed by atoms with Gasteiger partial charge in [-0.05, 0) is 40.2 Å². The van der Waals surface area contributed by atoms with Gasteiger partial charge in [-0.2, -0.15) is 5.10 Å². The average Bonchev–Trinajstić information content (AvgIpc) is 3.08. The van der Waals surface area contributed by atoms with E-state index in [4.69, 9.17) is 0 Å². The van der Waals surface area contributed by atoms with Crippen molar-refractivity contribution >= 4 is 33.0 Å². The molecule has 0 aliphatic heterocycles. The number of halogens is 1. The summed E-state index contributed by atoms with van der Waals surface area (Å²) < 4.78 is 2.90. The Morgan fingerprint density at radius 1 is 1.21 bits per heavy atom. The molecule has 0 aliphatic rings. The average molecular weight is 335 g/mol. The van der Waals surface area contributed by atoms with Crippen molar-refractivity contribution in [3.8, 4) is 5.69 Å². The lowest BCUT2D eigenvalue weighted by atomic mass is 10.2. The summed E-state index contributed by atoms with van der Waals surface area (Å²) in [7, 11) is 0. The SMILES string of the molecule is Brc1ccc(CNc2ccccc2-n2cncn2)s1. The Balaban J connectivity index is 1.81. The molecule has 0 saturated heterocycles. The van der Waals surface area contributed by atoms with Gasteiger partial charge in [-0.3, -0.25) is 0 Å². The first kappa shape index (κ1) is 12.4. The van der Waals surface area contributed by atoms with E-state index in [1.54, 1.807) is 22.3 Å². The molecule has 2 aromatic heterocycles. The van der Waals surface area contributed by atoms with Crippen molar-refractivity contribution in [3.63, 3.8) is 0 Å². The smallest absolute Gasteiger partial charge is 0.138 e. The van der Waals surface area contributed by atoms with Gasteiger partial charge in [-0.15, -0.1) is 11.3 Å². The van der Waals surface area contributed by atoms with Crippen molar-refractivity contribution in [1.82, 2.24) is 14.8 Å². The highest BCUT2D eigenvalue weighted by Gasteiger charge is 2.05. The molecule has 1 N–H and O–H groups in total. The lowest BCUT2D eigenvalue weighted by Gasteiger charge is -2.10. The third-order valence-electron chi connectivity index (χ3n) is 2.65. The van der Waals surface area contributed by atoms with E-state index in [1.165, 1.54) is 11.2 Å². The van der Waals surface area contributed by atoms with Gasteiger partial charge in [-0.1, -0.05) is 12.1 Å². The maximum atomic E-state index is 4.17. The fourth-order valence-corrected chi connectivity index (χ4v) is 3.21. The van der Waals surface area contributed by atoms with Gasteiger partial charge in [0.25, 0.3) is 0 Å². The zero-order chi connectivity index (χ0) is 13.1. The van der Waals surface area contributed by atoms with Crippen LogP contribution < -0.4 is 5.32 Å². The Bertz CT molecular complexity index is 663. The number of rotatable bonds is 4. The fraction of sp³-hybridized carbons (Fsp3) is 0.0769. The number of thiophene rings is 1. The minimum absolute atomic E-state index is 0.794. The monoisotopic (exact) mass is 334 g/mol. The number of nitrogens with zero attached hydrogens (tertiary/aromatic N) is 3. The lowest BCUT2D eigenvalue weighted by molar-refractivity contribution is 0.878. The molecule has 0 fully saturated rings. The standard InChI is InChI=1S/C13H11BrN4S/c14-13-6-5-10(19-13)7-16-11-3-1-2-4-12(11)18-9-15-8-17-18/h1-6,8-9,16H,7H2. The Labute approximate surface area is 123 Å². The van der Waals surface area contributed by atoms with E-state index >= 15 is 0 Å². The summed E-state index contributed by atoms with van der Waals surface area (Å²) in [6, 6.07) is 12.2. The van der Waals surface area contributed by atoms with E-state index in [1.807, 2.05) is 24.3 Å². The van der Waals surface area contributed by atoms with Gasteiger partial charge in [0.05, 0.1) is 15.2 Å². The van der Waals surface area contributed by atoms with Crippen LogP contribution in [0.1, 0.15) is 4.88 Å². The van der Waals surface area contributed by atoms with Gasteiger partial charge in [0.2, 0.25) is 0 Å². The molecule has 0 saturated carbocycles. The third kappa shape index (κ3) is 2.85. The van der Waals surface area contributed by atoms with Crippen LogP contribution in [0, 0.1) is 0 Å². The first-order chi connectivity index (χ1) is 9.33. The van der Waals surface area contributed by atoms with Gasteiger partial charge >= 0.3 is 0 Å². The second kappa shape index (κ2) is 5.54. The molecular weight excluding hydrogens is 324 g/mol. The summed E-state index contributed by atoms with van der Waals surface area (Å²) in [6.45, 7) is 0.794. The minimum Gasteiger partial charge on any atom is -0.378 e. The normalized spacial score (nSPS) is 10.6. The Kier molecular flexibility index (Phi) is 3.61. The molecule has 0 bridgehead atoms. The Morgan fingerprint density at radius 2 is 2.11 bits per heavy atom. The molecule has 19 heavy (non-hydrogen) atoms. The highest BCUT2D eigenvalue weighted by Crippen LogP contribution is 2.24. The molecule has 0 atom stereocenters. The topological polar surface area (TPSA) is 42.7 Å². The largest absolute Gasteiger partial charge is 0.378 e. The van der Waals surface area contributed by atoms with Crippen molar-refractivity contribution in [2.45, 2.75) is 6.54 Å². The maximum absolute atomic E-state index is 4.17. The van der Waals surface area contributed by atoms with Crippen molar-refractivity contribution in [3.05, 3.63) is 57.7 Å². The highest BCUT2D eigenvalue weighted by molar-refractivity contribution is 9.11. The number of hydrogen-bond acceptors (Lipinski definition) is 4. The Morgan fingerprint density at radius 3 is 2.84 bits per heavy atom. The van der Waals surface area contributed by atoms with E-state index in [2.05, 4.69) is 43.5 Å². The number of aromatic nitrogens is 3. The summed E-state index contributed by atoms with van der Waals surface area (Å²) in [5, 5.41) is 7.60. The van der Waals surface area contributed by atoms with E-state index in [-0.39, 0.29) is 0 Å². The number of hydrogen-bond donors (Lipinski definition) is 1. The first-order valence-electron chi connectivity index (χ1n) is 5.75. The summed E-state index contributed by atoms with van der Waals surface area (Å²) in [6.07, 6.45) is 3.23. The molecule has 0 spiro atoms. The van der Waals surface area contributed by atoms with Gasteiger partial charge in [-0.25, -0.2) is 9.67 Å². The maximum Gasteiger partial charge on any atom is 0.138 e. The van der Waals surface area contributed by atoms with E-state index in [0.717, 1.165) is 21.7 Å². The van der Waals surface area contributed by atoms with Crippen LogP contribution in [0.25, 0.3) is 5.69 Å². The zero-order valence-electron chi connectivity index (χ0n) is 9.95. The molecule has 6 heteroatoms. The van der Waals surface area contributed by atoms with E-state index in [9.17, 15) is 0 Å². The first-order valence-corrected chi connectivity index (χ1v) is 7.36. The Hall–Kier alpha value is -1.66. The molecule has 96 valence electrons. The van der Waals surface area contributed by atoms with Crippen molar-refractivity contribution < 1.29 is 0 Å². The number of benzene rings is 1. The molecule has 0 radical (unpaired) electrons. The fourth-order valence-electron chi connectivity index (χ4n) is 1.78. The molecule has 0 amide bonds. The number of nitrogens with one attached hydrogen (secondary N) is 1. The molecule has 4 nitrogen and oxygen atoms in total. The predicted octanol–water partition coefficient (Wildman–Crippen LogP) is 3.70. The second-order valence-electron chi connectivity index (χ2n) is 3.92. The van der Waals surface area contributed by atoms with E-state index < -0.39 is 0 Å². The predicted molar refractivity (Wildman–Crippen MR) is 80.7 cm³/mol. The molecule has 3 rings (SSSR count). The van der Waals surface area contributed by atoms with Crippen LogP contribution in [0.15, 0.2) is 52.8 Å². The van der Waals surface area contributed by atoms with Crippen LogP contribution in [0.5, 0.6) is 0 Å². The van der Waals surface area contributed by atoms with Gasteiger partial charge in [0.15, 0.2) is 0 Å². The second-order valence-corrected chi connectivity index (χ2v) is 6.46. The van der Waals surface area contributed by atoms with Crippen LogP contribution >= 0.6 is 27.3 Å². The summed E-state index contributed by atoms with van der Waals surface area (Å²) in [4.78, 5) is 5.26. The lowest BCUT2D eigenvalue weighted by Crippen LogP contribution is -2.03. The molecule has 0 aliphatic carbocycles. The van der Waals surface area contributed by atoms with Crippen LogP contribution in [-0.4, -0.2) is 14.8 Å². The summed E-state index contributed by atoms with van der Waals surface area (Å²) >= 11 is 5.20. The van der Waals surface area contributed by atoms with Crippen LogP contribution in [0.2, 0.25) is 0 Å². The van der Waals surface area contributed by atoms with Crippen LogP contribution in [0.3, 0.4) is 0 Å². The number of para-hydroxylation sites is 2. The van der Waals surface area contributed by atoms with Crippen LogP contribution in [-0.2, 0) is 6.54 Å². The summed E-state index contributed by atoms with van der Waals surface area (Å²) in [5.74, 6) is 0. The van der Waals surface area contributed by atoms with Crippen molar-refractivity contribution in [2.75, 3.05) is 5.32 Å². The molecule has 0 unspecified atom stereocenters. The third-order valence-corrected chi connectivity index (χ3v) is 4.28. The number of anilines is 1. The molecular formula is C13H11BrN4S. The zero-order valence-corrected chi connectivity index (χ0v) is 12.4. The summed E-state index contributed by atoms with van der Waals surface area (Å²) in [5.41, 5.74) is 2.04. The van der Waals surface area contributed by atoms with Crippen LogP contribution in [0.4, 0.5) is 5.69 Å². The molecule has 3 aromatic rings. The van der Waals surface area contributed by atoms with E-state index in [0.29, 0.717) is 0 Å². The van der Waals surface area contributed by atoms with Gasteiger partial charge < -0.3 is 5.32 Å². The van der Waals surface area contributed by atoms with Gasteiger partial charge in [0.1, 0.15) is 12.7 Å². The molecule has 2 heterocycles. The van der Waals surface area contributed by atoms with Crippen molar-refractivity contribution in [1.29, 1.82) is 0 Å². The highest BCUT2D eigenvalue weighted by atomic mass is 79.9. The molecule has 1 aromatic carbocycles.